The minimum atomic E-state index is -0.777. The van der Waals surface area contributed by atoms with Crippen molar-refractivity contribution in [2.75, 3.05) is 13.2 Å². The van der Waals surface area contributed by atoms with Gasteiger partial charge in [-0.1, -0.05) is 319 Å². The second-order valence-corrected chi connectivity index (χ2v) is 23.1. The zero-order valence-corrected chi connectivity index (χ0v) is 52.2. The topological polar surface area (TPSA) is 78.9 Å². The molecule has 0 fully saturated rings. The van der Waals surface area contributed by atoms with Crippen molar-refractivity contribution >= 4 is 17.9 Å². The number of carbonyl (C=O) groups excluding carboxylic acids is 3. The molecule has 6 nitrogen and oxygen atoms in total. The fourth-order valence-electron chi connectivity index (χ4n) is 10.1. The summed E-state index contributed by atoms with van der Waals surface area (Å²) in [5.41, 5.74) is 0. The highest BCUT2D eigenvalue weighted by molar-refractivity contribution is 5.71. The van der Waals surface area contributed by atoms with Crippen molar-refractivity contribution in [2.45, 2.75) is 367 Å². The number of hydrogen-bond donors (Lipinski definition) is 0. The summed E-state index contributed by atoms with van der Waals surface area (Å²) in [5.74, 6) is -0.857. The van der Waals surface area contributed by atoms with Crippen molar-refractivity contribution < 1.29 is 28.6 Å². The number of hydrogen-bond acceptors (Lipinski definition) is 6. The first-order chi connectivity index (χ1) is 38.5. The van der Waals surface area contributed by atoms with E-state index in [0.717, 1.165) is 83.5 Å². The summed E-state index contributed by atoms with van der Waals surface area (Å²) in [7, 11) is 0. The summed E-state index contributed by atoms with van der Waals surface area (Å²) in [6.07, 6.45) is 85.2. The second kappa shape index (κ2) is 66.6. The summed E-state index contributed by atoms with van der Waals surface area (Å²) in [5, 5.41) is 0. The maximum atomic E-state index is 13.0. The van der Waals surface area contributed by atoms with E-state index in [2.05, 4.69) is 81.5 Å². The fraction of sp³-hybridized carbons (Fsp3) is 0.819. The number of unbranched alkanes of at least 4 members (excludes halogenated alkanes) is 42. The monoisotopic (exact) mass is 1090 g/mol. The molecule has 6 heteroatoms. The Bertz CT molecular complexity index is 1390. The highest BCUT2D eigenvalue weighted by atomic mass is 16.6. The van der Waals surface area contributed by atoms with Gasteiger partial charge in [-0.15, -0.1) is 0 Å². The van der Waals surface area contributed by atoms with Crippen molar-refractivity contribution in [2.24, 2.45) is 0 Å². The first-order valence-corrected chi connectivity index (χ1v) is 34.3. The zero-order valence-electron chi connectivity index (χ0n) is 52.2. The predicted octanol–water partition coefficient (Wildman–Crippen LogP) is 23.5. The van der Waals surface area contributed by atoms with E-state index in [1.807, 2.05) is 0 Å². The zero-order chi connectivity index (χ0) is 56.4. The van der Waals surface area contributed by atoms with Gasteiger partial charge in [0.25, 0.3) is 0 Å². The molecule has 0 rings (SSSR count). The van der Waals surface area contributed by atoms with E-state index < -0.39 is 6.10 Å². The van der Waals surface area contributed by atoms with Crippen LogP contribution < -0.4 is 0 Å². The summed E-state index contributed by atoms with van der Waals surface area (Å²) in [4.78, 5) is 38.4. The van der Waals surface area contributed by atoms with Crippen LogP contribution in [0.2, 0.25) is 0 Å². The minimum Gasteiger partial charge on any atom is -0.462 e. The van der Waals surface area contributed by atoms with Gasteiger partial charge in [-0.2, -0.15) is 0 Å². The molecule has 0 aromatic heterocycles. The third kappa shape index (κ3) is 63.9. The van der Waals surface area contributed by atoms with E-state index in [1.54, 1.807) is 0 Å². The summed E-state index contributed by atoms with van der Waals surface area (Å²) in [6.45, 7) is 6.58. The third-order valence-corrected chi connectivity index (χ3v) is 15.3. The Morgan fingerprint density at radius 3 is 0.795 bits per heavy atom. The Labute approximate surface area is 485 Å². The van der Waals surface area contributed by atoms with Crippen molar-refractivity contribution in [1.82, 2.24) is 0 Å². The van der Waals surface area contributed by atoms with Crippen LogP contribution in [0.15, 0.2) is 60.8 Å². The fourth-order valence-corrected chi connectivity index (χ4v) is 10.1. The average Bonchev–Trinajstić information content (AvgIpc) is 3.44. The van der Waals surface area contributed by atoms with E-state index in [4.69, 9.17) is 14.2 Å². The highest BCUT2D eigenvalue weighted by Crippen LogP contribution is 2.18. The van der Waals surface area contributed by atoms with Crippen LogP contribution in [0.1, 0.15) is 361 Å². The van der Waals surface area contributed by atoms with Gasteiger partial charge in [0.2, 0.25) is 0 Å². The third-order valence-electron chi connectivity index (χ3n) is 15.3. The van der Waals surface area contributed by atoms with E-state index in [-0.39, 0.29) is 31.1 Å². The van der Waals surface area contributed by atoms with Crippen molar-refractivity contribution in [3.8, 4) is 0 Å². The summed E-state index contributed by atoms with van der Waals surface area (Å²) < 4.78 is 17.0. The number of ether oxygens (including phenoxy) is 3. The Hall–Kier alpha value is -2.89. The normalized spacial score (nSPS) is 12.4. The summed E-state index contributed by atoms with van der Waals surface area (Å²) in [6, 6.07) is 0. The van der Waals surface area contributed by atoms with Gasteiger partial charge in [-0.3, -0.25) is 14.4 Å². The Kier molecular flexibility index (Phi) is 64.2. The van der Waals surface area contributed by atoms with Crippen LogP contribution in [0.25, 0.3) is 0 Å². The van der Waals surface area contributed by atoms with Crippen molar-refractivity contribution in [3.63, 3.8) is 0 Å². The standard InChI is InChI=1S/C72H130O6/c1-4-7-10-13-16-19-22-25-28-31-33-35-36-37-39-41-44-47-50-53-56-59-62-65-71(74)77-68-69(67-76-70(73)64-61-58-55-52-49-46-43-40-30-27-24-21-18-15-12-9-6-3)78-72(75)66-63-60-57-54-51-48-45-42-38-34-32-29-26-23-20-17-14-11-8-5-2/h7,10,16,19,25,27-28,30,33,35,69H,4-6,8-9,11-15,17-18,20-24,26,29,31-32,34,36-68H2,1-3H3/b10-7-,19-16-,28-25-,30-27-,35-33-. The SMILES string of the molecule is CC/C=C\C/C=C\C/C=C\C/C=C\CCCCCCCCCCCCC(=O)OCC(COC(=O)CCCCCCCCC/C=C\CCCCCCCC)OC(=O)CCCCCCCCCCCCCCCCCCCCCC. The molecule has 0 saturated heterocycles. The van der Waals surface area contributed by atoms with Crippen LogP contribution in [-0.4, -0.2) is 37.2 Å². The van der Waals surface area contributed by atoms with Gasteiger partial charge in [-0.25, -0.2) is 0 Å². The Morgan fingerprint density at radius 1 is 0.269 bits per heavy atom. The molecule has 78 heavy (non-hydrogen) atoms. The molecule has 0 bridgehead atoms. The van der Waals surface area contributed by atoms with Crippen LogP contribution in [-0.2, 0) is 28.6 Å². The smallest absolute Gasteiger partial charge is 0.306 e. The predicted molar refractivity (Wildman–Crippen MR) is 339 cm³/mol. The molecular formula is C72H130O6. The lowest BCUT2D eigenvalue weighted by atomic mass is 10.0. The molecule has 0 aromatic carbocycles. The molecular weight excluding hydrogens is 961 g/mol. The molecule has 1 atom stereocenters. The molecule has 454 valence electrons. The lowest BCUT2D eigenvalue weighted by molar-refractivity contribution is -0.167. The molecule has 0 aliphatic carbocycles. The van der Waals surface area contributed by atoms with Gasteiger partial charge < -0.3 is 14.2 Å². The van der Waals surface area contributed by atoms with Gasteiger partial charge in [0.15, 0.2) is 6.10 Å². The van der Waals surface area contributed by atoms with Gasteiger partial charge in [0.1, 0.15) is 13.2 Å². The van der Waals surface area contributed by atoms with E-state index in [1.165, 1.54) is 238 Å². The van der Waals surface area contributed by atoms with Crippen molar-refractivity contribution in [1.29, 1.82) is 0 Å². The average molecular weight is 1090 g/mol. The van der Waals surface area contributed by atoms with Crippen LogP contribution >= 0.6 is 0 Å². The Morgan fingerprint density at radius 2 is 0.500 bits per heavy atom. The van der Waals surface area contributed by atoms with Crippen LogP contribution in [0.4, 0.5) is 0 Å². The quantitative estimate of drug-likeness (QED) is 0.0261. The molecule has 0 aromatic rings. The molecule has 0 spiro atoms. The molecule has 1 unspecified atom stereocenters. The van der Waals surface area contributed by atoms with Crippen LogP contribution in [0.3, 0.4) is 0 Å². The highest BCUT2D eigenvalue weighted by Gasteiger charge is 2.19. The first kappa shape index (κ1) is 75.1. The largest absolute Gasteiger partial charge is 0.462 e. The molecule has 0 N–H and O–H groups in total. The van der Waals surface area contributed by atoms with Gasteiger partial charge in [-0.05, 0) is 83.5 Å². The van der Waals surface area contributed by atoms with Crippen LogP contribution in [0, 0.1) is 0 Å². The lowest BCUT2D eigenvalue weighted by Crippen LogP contribution is -2.30. The number of allylic oxidation sites excluding steroid dienone is 10. The number of carbonyl (C=O) groups is 3. The molecule has 0 radical (unpaired) electrons. The first-order valence-electron chi connectivity index (χ1n) is 34.3. The molecule has 0 heterocycles. The van der Waals surface area contributed by atoms with E-state index in [0.29, 0.717) is 19.3 Å². The van der Waals surface area contributed by atoms with Crippen LogP contribution in [0.5, 0.6) is 0 Å². The summed E-state index contributed by atoms with van der Waals surface area (Å²) >= 11 is 0. The Balaban J connectivity index is 4.33. The second-order valence-electron chi connectivity index (χ2n) is 23.1. The lowest BCUT2D eigenvalue weighted by Gasteiger charge is -2.18. The molecule has 0 saturated carbocycles. The number of esters is 3. The maximum absolute atomic E-state index is 13.0. The van der Waals surface area contributed by atoms with Gasteiger partial charge in [0, 0.05) is 19.3 Å². The molecule has 0 aliphatic rings. The van der Waals surface area contributed by atoms with Gasteiger partial charge in [0.05, 0.1) is 0 Å². The number of rotatable bonds is 63. The molecule has 0 amide bonds. The van der Waals surface area contributed by atoms with Crippen molar-refractivity contribution in [3.05, 3.63) is 60.8 Å². The minimum absolute atomic E-state index is 0.0736. The van der Waals surface area contributed by atoms with Gasteiger partial charge >= 0.3 is 17.9 Å². The van der Waals surface area contributed by atoms with E-state index >= 15 is 0 Å². The maximum Gasteiger partial charge on any atom is 0.306 e. The van der Waals surface area contributed by atoms with E-state index in [9.17, 15) is 14.4 Å². The molecule has 0 aliphatic heterocycles.